The van der Waals surface area contributed by atoms with E-state index in [-0.39, 0.29) is 10.6 Å². The first-order chi connectivity index (χ1) is 15.3. The van der Waals surface area contributed by atoms with E-state index in [1.165, 1.54) is 16.4 Å². The number of hydrogen-bond acceptors (Lipinski definition) is 6. The zero-order valence-electron chi connectivity index (χ0n) is 18.0. The number of piperazine rings is 1. The summed E-state index contributed by atoms with van der Waals surface area (Å²) < 4.78 is 27.6. The van der Waals surface area contributed by atoms with Crippen LogP contribution in [-0.2, 0) is 10.0 Å². The molecule has 0 N–H and O–H groups in total. The van der Waals surface area contributed by atoms with Crippen molar-refractivity contribution in [1.82, 2.24) is 4.31 Å². The van der Waals surface area contributed by atoms with Gasteiger partial charge in [-0.3, -0.25) is 10.1 Å². The Balaban J connectivity index is 1.53. The van der Waals surface area contributed by atoms with Crippen LogP contribution >= 0.6 is 11.6 Å². The molecule has 2 aromatic carbocycles. The minimum atomic E-state index is -3.75. The number of halogens is 1. The molecule has 172 valence electrons. The van der Waals surface area contributed by atoms with E-state index in [1.54, 1.807) is 6.07 Å². The Labute approximate surface area is 193 Å². The van der Waals surface area contributed by atoms with Gasteiger partial charge in [0.15, 0.2) is 0 Å². The zero-order valence-corrected chi connectivity index (χ0v) is 19.6. The smallest absolute Gasteiger partial charge is 0.293 e. The maximum Gasteiger partial charge on any atom is 0.293 e. The van der Waals surface area contributed by atoms with Gasteiger partial charge in [-0.1, -0.05) is 24.6 Å². The minimum Gasteiger partial charge on any atom is -0.368 e. The van der Waals surface area contributed by atoms with Gasteiger partial charge < -0.3 is 9.80 Å². The monoisotopic (exact) mass is 478 g/mol. The zero-order chi connectivity index (χ0) is 22.9. The average Bonchev–Trinajstić information content (AvgIpc) is 2.79. The lowest BCUT2D eigenvalue weighted by Gasteiger charge is -2.37. The minimum absolute atomic E-state index is 0.0138. The first-order valence-corrected chi connectivity index (χ1v) is 12.6. The predicted molar refractivity (Wildman–Crippen MR) is 126 cm³/mol. The van der Waals surface area contributed by atoms with Gasteiger partial charge in [-0.25, -0.2) is 8.42 Å². The summed E-state index contributed by atoms with van der Waals surface area (Å²) in [7, 11) is -3.75. The van der Waals surface area contributed by atoms with Gasteiger partial charge in [-0.15, -0.1) is 0 Å². The molecule has 0 unspecified atom stereocenters. The first kappa shape index (κ1) is 22.8. The van der Waals surface area contributed by atoms with Crippen LogP contribution in [-0.4, -0.2) is 56.9 Å². The summed E-state index contributed by atoms with van der Waals surface area (Å²) in [5.74, 6) is 0.490. The fraction of sp³-hybridized carbons (Fsp3) is 0.455. The van der Waals surface area contributed by atoms with Crippen LogP contribution in [0.5, 0.6) is 0 Å². The van der Waals surface area contributed by atoms with E-state index < -0.39 is 14.9 Å². The van der Waals surface area contributed by atoms with Gasteiger partial charge in [0.05, 0.1) is 9.82 Å². The Hall–Kier alpha value is -2.36. The van der Waals surface area contributed by atoms with Crippen molar-refractivity contribution in [2.45, 2.75) is 24.7 Å². The highest BCUT2D eigenvalue weighted by molar-refractivity contribution is 7.89. The second-order valence-electron chi connectivity index (χ2n) is 8.45. The Morgan fingerprint density at radius 3 is 2.25 bits per heavy atom. The molecule has 0 aromatic heterocycles. The predicted octanol–water partition coefficient (Wildman–Crippen LogP) is 4.00. The molecule has 4 rings (SSSR count). The number of benzene rings is 2. The van der Waals surface area contributed by atoms with Crippen LogP contribution in [0.3, 0.4) is 0 Å². The largest absolute Gasteiger partial charge is 0.368 e. The van der Waals surface area contributed by atoms with Crippen molar-refractivity contribution in [3.8, 4) is 0 Å². The maximum atomic E-state index is 13.1. The number of rotatable bonds is 5. The summed E-state index contributed by atoms with van der Waals surface area (Å²) >= 11 is 6.09. The number of piperidine rings is 1. The number of hydrogen-bond donors (Lipinski definition) is 0. The van der Waals surface area contributed by atoms with Gasteiger partial charge in [0.1, 0.15) is 5.69 Å². The van der Waals surface area contributed by atoms with Crippen LogP contribution in [0.4, 0.5) is 17.1 Å². The topological polar surface area (TPSA) is 87.0 Å². The van der Waals surface area contributed by atoms with Crippen molar-refractivity contribution < 1.29 is 13.3 Å². The molecule has 8 nitrogen and oxygen atoms in total. The standard InChI is InChI=1S/C22H27ClN4O4S/c1-17-7-9-26(10-8-17)32(30,31)20-5-6-21(22(16-20)27(28)29)25-13-11-24(12-14-25)19-4-2-3-18(23)15-19/h2-6,15-17H,7-14H2,1H3. The summed E-state index contributed by atoms with van der Waals surface area (Å²) in [5, 5.41) is 12.5. The molecule has 2 fully saturated rings. The Kier molecular flexibility index (Phi) is 6.60. The van der Waals surface area contributed by atoms with Gasteiger partial charge in [0, 0.05) is 56.0 Å². The van der Waals surface area contributed by atoms with Crippen LogP contribution in [0, 0.1) is 16.0 Å². The number of nitro groups is 1. The third kappa shape index (κ3) is 4.69. The maximum absolute atomic E-state index is 13.1. The van der Waals surface area contributed by atoms with Crippen LogP contribution in [0.2, 0.25) is 5.02 Å². The lowest BCUT2D eigenvalue weighted by Crippen LogP contribution is -2.46. The Bertz CT molecular complexity index is 1090. The molecule has 0 radical (unpaired) electrons. The molecule has 2 aromatic rings. The molecule has 2 heterocycles. The van der Waals surface area contributed by atoms with E-state index in [0.717, 1.165) is 18.5 Å². The summed E-state index contributed by atoms with van der Waals surface area (Å²) in [6.45, 7) is 5.55. The SMILES string of the molecule is CC1CCN(S(=O)(=O)c2ccc(N3CCN(c4cccc(Cl)c4)CC3)c([N+](=O)[O-])c2)CC1. The number of anilines is 2. The van der Waals surface area contributed by atoms with E-state index in [2.05, 4.69) is 11.8 Å². The van der Waals surface area contributed by atoms with Crippen molar-refractivity contribution in [3.63, 3.8) is 0 Å². The number of nitro benzene ring substituents is 1. The van der Waals surface area contributed by atoms with Gasteiger partial charge >= 0.3 is 0 Å². The summed E-state index contributed by atoms with van der Waals surface area (Å²) in [6, 6.07) is 11.9. The van der Waals surface area contributed by atoms with Crippen molar-refractivity contribution in [2.75, 3.05) is 49.1 Å². The molecule has 0 spiro atoms. The molecule has 0 atom stereocenters. The highest BCUT2D eigenvalue weighted by Gasteiger charge is 2.31. The van der Waals surface area contributed by atoms with Gasteiger partial charge in [-0.2, -0.15) is 4.31 Å². The number of sulfonamides is 1. The van der Waals surface area contributed by atoms with E-state index in [4.69, 9.17) is 11.6 Å². The van der Waals surface area contributed by atoms with E-state index in [0.29, 0.717) is 55.9 Å². The highest BCUT2D eigenvalue weighted by Crippen LogP contribution is 2.34. The average molecular weight is 479 g/mol. The fourth-order valence-electron chi connectivity index (χ4n) is 4.33. The first-order valence-electron chi connectivity index (χ1n) is 10.8. The molecule has 0 bridgehead atoms. The third-order valence-corrected chi connectivity index (χ3v) is 8.45. The quantitative estimate of drug-likeness (QED) is 0.477. The van der Waals surface area contributed by atoms with E-state index >= 15 is 0 Å². The molecular weight excluding hydrogens is 452 g/mol. The lowest BCUT2D eigenvalue weighted by molar-refractivity contribution is -0.384. The molecule has 0 aliphatic carbocycles. The van der Waals surface area contributed by atoms with Gasteiger partial charge in [0.2, 0.25) is 10.0 Å². The molecule has 2 aliphatic heterocycles. The molecular formula is C22H27ClN4O4S. The van der Waals surface area contributed by atoms with Crippen LogP contribution < -0.4 is 9.80 Å². The van der Waals surface area contributed by atoms with Crippen LogP contribution in [0.15, 0.2) is 47.4 Å². The van der Waals surface area contributed by atoms with Crippen molar-refractivity contribution in [2.24, 2.45) is 5.92 Å². The molecule has 2 saturated heterocycles. The third-order valence-electron chi connectivity index (χ3n) is 6.32. The molecule has 2 aliphatic rings. The van der Waals surface area contributed by atoms with Gasteiger partial charge in [0.25, 0.3) is 5.69 Å². The van der Waals surface area contributed by atoms with Crippen molar-refractivity contribution >= 4 is 38.7 Å². The lowest BCUT2D eigenvalue weighted by atomic mass is 10.0. The van der Waals surface area contributed by atoms with Gasteiger partial charge in [-0.05, 0) is 49.1 Å². The molecule has 0 amide bonds. The number of nitrogens with zero attached hydrogens (tertiary/aromatic N) is 4. The van der Waals surface area contributed by atoms with Crippen molar-refractivity contribution in [1.29, 1.82) is 0 Å². The highest BCUT2D eigenvalue weighted by atomic mass is 35.5. The Morgan fingerprint density at radius 1 is 0.969 bits per heavy atom. The van der Waals surface area contributed by atoms with Crippen LogP contribution in [0.1, 0.15) is 19.8 Å². The van der Waals surface area contributed by atoms with E-state index in [9.17, 15) is 18.5 Å². The Morgan fingerprint density at radius 2 is 1.62 bits per heavy atom. The second-order valence-corrected chi connectivity index (χ2v) is 10.8. The summed E-state index contributed by atoms with van der Waals surface area (Å²) in [5.41, 5.74) is 1.29. The fourth-order valence-corrected chi connectivity index (χ4v) is 6.00. The molecule has 32 heavy (non-hydrogen) atoms. The second kappa shape index (κ2) is 9.25. The van der Waals surface area contributed by atoms with Crippen molar-refractivity contribution in [3.05, 3.63) is 57.6 Å². The molecule has 0 saturated carbocycles. The normalized spacial score (nSPS) is 18.7. The molecule has 10 heteroatoms. The van der Waals surface area contributed by atoms with Crippen LogP contribution in [0.25, 0.3) is 0 Å². The summed E-state index contributed by atoms with van der Waals surface area (Å²) in [6.07, 6.45) is 1.60. The summed E-state index contributed by atoms with van der Waals surface area (Å²) in [4.78, 5) is 15.5. The van der Waals surface area contributed by atoms with E-state index in [1.807, 2.05) is 29.2 Å².